The highest BCUT2D eigenvalue weighted by atomic mass is 16.3. The Balaban J connectivity index is 2.01. The van der Waals surface area contributed by atoms with E-state index in [2.05, 4.69) is 5.32 Å². The normalized spacial score (nSPS) is 15.2. The highest BCUT2D eigenvalue weighted by Crippen LogP contribution is 2.33. The van der Waals surface area contributed by atoms with E-state index in [9.17, 15) is 20.1 Å². The van der Waals surface area contributed by atoms with Crippen LogP contribution in [-0.4, -0.2) is 21.1 Å². The first-order valence-electron chi connectivity index (χ1n) is 5.93. The first-order valence-corrected chi connectivity index (χ1v) is 5.93. The Bertz CT molecular complexity index is 750. The largest absolute Gasteiger partial charge is 0.508 e. The summed E-state index contributed by atoms with van der Waals surface area (Å²) >= 11 is 0. The van der Waals surface area contributed by atoms with Crippen molar-refractivity contribution in [3.05, 3.63) is 53.2 Å². The van der Waals surface area contributed by atoms with Gasteiger partial charge in [-0.1, -0.05) is 0 Å². The van der Waals surface area contributed by atoms with Gasteiger partial charge in [-0.05, 0) is 30.3 Å². The standard InChI is InChI=1S/C15H11NO4/c17-9-3-4-11-12(6-9)16-13(15(11)20)5-8-1-2-10(18)7-14(8)19/h1-7,16-19H/b13-5-. The number of fused-ring (bicyclic) bond motifs is 1. The molecule has 0 aromatic heterocycles. The Morgan fingerprint density at radius 1 is 0.950 bits per heavy atom. The number of allylic oxidation sites excluding steroid dienone is 1. The zero-order valence-electron chi connectivity index (χ0n) is 10.3. The molecule has 2 aromatic rings. The van der Waals surface area contributed by atoms with Crippen molar-refractivity contribution in [2.24, 2.45) is 0 Å². The van der Waals surface area contributed by atoms with E-state index in [1.54, 1.807) is 0 Å². The zero-order chi connectivity index (χ0) is 14.3. The van der Waals surface area contributed by atoms with Gasteiger partial charge in [-0.15, -0.1) is 0 Å². The molecule has 100 valence electrons. The lowest BCUT2D eigenvalue weighted by atomic mass is 10.1. The molecule has 0 unspecified atom stereocenters. The van der Waals surface area contributed by atoms with E-state index in [1.807, 2.05) is 0 Å². The van der Waals surface area contributed by atoms with E-state index in [4.69, 9.17) is 0 Å². The molecule has 0 bridgehead atoms. The predicted molar refractivity (Wildman–Crippen MR) is 73.8 cm³/mol. The molecule has 2 aromatic carbocycles. The molecule has 5 heteroatoms. The van der Waals surface area contributed by atoms with Crippen molar-refractivity contribution in [2.45, 2.75) is 0 Å². The summed E-state index contributed by atoms with van der Waals surface area (Å²) in [6.07, 6.45) is 1.49. The zero-order valence-corrected chi connectivity index (χ0v) is 10.3. The fourth-order valence-electron chi connectivity index (χ4n) is 2.09. The SMILES string of the molecule is O=C1/C(=C/c2ccc(O)cc2O)Nc2cc(O)ccc21. The van der Waals surface area contributed by atoms with Crippen molar-refractivity contribution < 1.29 is 20.1 Å². The van der Waals surface area contributed by atoms with Crippen LogP contribution in [0.5, 0.6) is 17.2 Å². The third kappa shape index (κ3) is 1.95. The van der Waals surface area contributed by atoms with Gasteiger partial charge in [0.25, 0.3) is 0 Å². The fourth-order valence-corrected chi connectivity index (χ4v) is 2.09. The summed E-state index contributed by atoms with van der Waals surface area (Å²) in [6, 6.07) is 8.57. The molecule has 0 spiro atoms. The topological polar surface area (TPSA) is 89.8 Å². The number of anilines is 1. The fraction of sp³-hybridized carbons (Fsp3) is 0. The molecule has 0 saturated carbocycles. The lowest BCUT2D eigenvalue weighted by Gasteiger charge is -2.02. The van der Waals surface area contributed by atoms with E-state index in [0.29, 0.717) is 22.5 Å². The summed E-state index contributed by atoms with van der Waals surface area (Å²) < 4.78 is 0. The third-order valence-electron chi connectivity index (χ3n) is 3.08. The summed E-state index contributed by atoms with van der Waals surface area (Å²) in [5.41, 5.74) is 1.70. The maximum atomic E-state index is 12.1. The van der Waals surface area contributed by atoms with Gasteiger partial charge < -0.3 is 20.6 Å². The summed E-state index contributed by atoms with van der Waals surface area (Å²) in [6.45, 7) is 0. The minimum atomic E-state index is -0.215. The monoisotopic (exact) mass is 269 g/mol. The number of phenolic OH excluding ortho intramolecular Hbond substituents is 3. The smallest absolute Gasteiger partial charge is 0.211 e. The lowest BCUT2D eigenvalue weighted by Crippen LogP contribution is -1.99. The Hall–Kier alpha value is -2.95. The average Bonchev–Trinajstić information content (AvgIpc) is 2.69. The first-order chi connectivity index (χ1) is 9.54. The maximum Gasteiger partial charge on any atom is 0.211 e. The van der Waals surface area contributed by atoms with Gasteiger partial charge in [-0.2, -0.15) is 0 Å². The number of Topliss-reactive ketones (excluding diaryl/α,β-unsaturated/α-hetero) is 1. The van der Waals surface area contributed by atoms with Gasteiger partial charge in [-0.25, -0.2) is 0 Å². The van der Waals surface area contributed by atoms with Crippen LogP contribution in [0.15, 0.2) is 42.1 Å². The van der Waals surface area contributed by atoms with Gasteiger partial charge in [0, 0.05) is 23.3 Å². The van der Waals surface area contributed by atoms with Crippen LogP contribution in [0, 0.1) is 0 Å². The Morgan fingerprint density at radius 3 is 2.40 bits per heavy atom. The van der Waals surface area contributed by atoms with E-state index >= 15 is 0 Å². The predicted octanol–water partition coefficient (Wildman–Crippen LogP) is 2.45. The number of carbonyl (C=O) groups is 1. The Labute approximate surface area is 114 Å². The molecule has 20 heavy (non-hydrogen) atoms. The molecule has 1 aliphatic rings. The van der Waals surface area contributed by atoms with Crippen molar-refractivity contribution in [3.63, 3.8) is 0 Å². The van der Waals surface area contributed by atoms with Gasteiger partial charge in [0.05, 0.1) is 11.4 Å². The van der Waals surface area contributed by atoms with Gasteiger partial charge in [0.15, 0.2) is 0 Å². The van der Waals surface area contributed by atoms with E-state index in [0.717, 1.165) is 0 Å². The second kappa shape index (κ2) is 4.31. The number of hydrogen-bond acceptors (Lipinski definition) is 5. The number of nitrogens with one attached hydrogen (secondary N) is 1. The van der Waals surface area contributed by atoms with Crippen LogP contribution in [0.25, 0.3) is 6.08 Å². The highest BCUT2D eigenvalue weighted by molar-refractivity contribution is 6.20. The number of hydrogen-bond donors (Lipinski definition) is 4. The second-order valence-corrected chi connectivity index (χ2v) is 4.49. The Kier molecular flexibility index (Phi) is 2.61. The summed E-state index contributed by atoms with van der Waals surface area (Å²) in [7, 11) is 0. The maximum absolute atomic E-state index is 12.1. The van der Waals surface area contributed by atoms with Gasteiger partial charge >= 0.3 is 0 Å². The second-order valence-electron chi connectivity index (χ2n) is 4.49. The number of ketones is 1. The molecule has 3 rings (SSSR count). The number of rotatable bonds is 1. The van der Waals surface area contributed by atoms with Crippen molar-refractivity contribution in [2.75, 3.05) is 5.32 Å². The van der Waals surface area contributed by atoms with Crippen molar-refractivity contribution >= 4 is 17.5 Å². The quantitative estimate of drug-likeness (QED) is 0.597. The van der Waals surface area contributed by atoms with Crippen LogP contribution in [0.4, 0.5) is 5.69 Å². The molecule has 0 fully saturated rings. The summed E-state index contributed by atoms with van der Waals surface area (Å²) in [5, 5.41) is 31.2. The van der Waals surface area contributed by atoms with Crippen molar-refractivity contribution in [3.8, 4) is 17.2 Å². The van der Waals surface area contributed by atoms with Gasteiger partial charge in [-0.3, -0.25) is 4.79 Å². The minimum absolute atomic E-state index is 0.0523. The number of carbonyl (C=O) groups excluding carboxylic acids is 1. The molecule has 0 atom stereocenters. The number of phenols is 3. The molecule has 0 aliphatic carbocycles. The molecule has 1 aliphatic heterocycles. The van der Waals surface area contributed by atoms with Crippen LogP contribution in [0.1, 0.15) is 15.9 Å². The van der Waals surface area contributed by atoms with Gasteiger partial charge in [0.2, 0.25) is 5.78 Å². The molecule has 1 heterocycles. The molecule has 0 radical (unpaired) electrons. The van der Waals surface area contributed by atoms with E-state index < -0.39 is 0 Å². The first kappa shape index (κ1) is 12.1. The van der Waals surface area contributed by atoms with E-state index in [1.165, 1.54) is 42.5 Å². The number of aromatic hydroxyl groups is 3. The minimum Gasteiger partial charge on any atom is -0.508 e. The van der Waals surface area contributed by atoms with Crippen molar-refractivity contribution in [1.82, 2.24) is 0 Å². The highest BCUT2D eigenvalue weighted by Gasteiger charge is 2.24. The van der Waals surface area contributed by atoms with Crippen LogP contribution in [-0.2, 0) is 0 Å². The molecule has 0 saturated heterocycles. The van der Waals surface area contributed by atoms with Crippen LogP contribution in [0.2, 0.25) is 0 Å². The average molecular weight is 269 g/mol. The van der Waals surface area contributed by atoms with Crippen LogP contribution in [0.3, 0.4) is 0 Å². The summed E-state index contributed by atoms with van der Waals surface area (Å²) in [4.78, 5) is 12.1. The molecule has 5 nitrogen and oxygen atoms in total. The number of benzene rings is 2. The van der Waals surface area contributed by atoms with Crippen LogP contribution >= 0.6 is 0 Å². The molecular formula is C15H11NO4. The van der Waals surface area contributed by atoms with Gasteiger partial charge in [0.1, 0.15) is 17.2 Å². The molecular weight excluding hydrogens is 258 g/mol. The molecule has 4 N–H and O–H groups in total. The molecule has 0 amide bonds. The lowest BCUT2D eigenvalue weighted by molar-refractivity contribution is 0.104. The van der Waals surface area contributed by atoms with Crippen molar-refractivity contribution in [1.29, 1.82) is 0 Å². The summed E-state index contributed by atoms with van der Waals surface area (Å²) in [5.74, 6) is -0.320. The van der Waals surface area contributed by atoms with Crippen LogP contribution < -0.4 is 5.32 Å². The Morgan fingerprint density at radius 2 is 1.65 bits per heavy atom. The third-order valence-corrected chi connectivity index (χ3v) is 3.08. The van der Waals surface area contributed by atoms with E-state index in [-0.39, 0.29) is 23.0 Å².